The normalized spacial score (nSPS) is 19.2. The molecule has 2 saturated heterocycles. The van der Waals surface area contributed by atoms with E-state index >= 15 is 8.78 Å². The number of anilines is 2. The number of carbonyl (C=O) groups is 2. The number of carbonyl (C=O) groups excluding carboxylic acids is 2. The highest BCUT2D eigenvalue weighted by Crippen LogP contribution is 2.31. The predicted octanol–water partition coefficient (Wildman–Crippen LogP) is 0.849. The summed E-state index contributed by atoms with van der Waals surface area (Å²) in [6.07, 6.45) is 2.97. The van der Waals surface area contributed by atoms with E-state index in [2.05, 4.69) is 15.3 Å². The van der Waals surface area contributed by atoms with Crippen LogP contribution in [0.2, 0.25) is 0 Å². The zero-order valence-electron chi connectivity index (χ0n) is 20.6. The molecular weight excluding hydrogens is 504 g/mol. The lowest BCUT2D eigenvalue weighted by Crippen LogP contribution is -2.54. The fourth-order valence-electron chi connectivity index (χ4n) is 4.64. The van der Waals surface area contributed by atoms with Crippen molar-refractivity contribution < 1.29 is 33.0 Å². The van der Waals surface area contributed by atoms with Gasteiger partial charge in [-0.3, -0.25) is 19.0 Å². The SMILES string of the molecule is COC(CNC(=O)c1cn2cccnc2n1)N1CCN(c2c(F)cc(N3CC(CO)OC3=O)cc2F)CC1. The van der Waals surface area contributed by atoms with E-state index in [9.17, 15) is 14.7 Å². The molecule has 3 aromatic rings. The van der Waals surface area contributed by atoms with Crippen LogP contribution in [0.15, 0.2) is 36.8 Å². The van der Waals surface area contributed by atoms with Crippen LogP contribution in [-0.4, -0.2) is 102 Å². The van der Waals surface area contributed by atoms with Crippen LogP contribution in [0.3, 0.4) is 0 Å². The molecule has 2 aromatic heterocycles. The highest BCUT2D eigenvalue weighted by Gasteiger charge is 2.34. The maximum Gasteiger partial charge on any atom is 0.414 e. The zero-order valence-corrected chi connectivity index (χ0v) is 20.6. The third-order valence-electron chi connectivity index (χ3n) is 6.61. The van der Waals surface area contributed by atoms with Gasteiger partial charge >= 0.3 is 6.09 Å². The first-order valence-corrected chi connectivity index (χ1v) is 12.1. The number of rotatable bonds is 8. The predicted molar refractivity (Wildman–Crippen MR) is 131 cm³/mol. The summed E-state index contributed by atoms with van der Waals surface area (Å²) in [5.74, 6) is -1.55. The summed E-state index contributed by atoms with van der Waals surface area (Å²) in [5.41, 5.74) is 0.0779. The lowest BCUT2D eigenvalue weighted by molar-refractivity contribution is -0.0323. The van der Waals surface area contributed by atoms with E-state index in [0.717, 1.165) is 17.0 Å². The molecule has 0 radical (unpaired) electrons. The van der Waals surface area contributed by atoms with Crippen LogP contribution in [0.1, 0.15) is 10.5 Å². The molecule has 2 unspecified atom stereocenters. The molecule has 2 fully saturated rings. The van der Waals surface area contributed by atoms with E-state index in [1.807, 2.05) is 4.90 Å². The molecule has 0 bridgehead atoms. The Labute approximate surface area is 216 Å². The fraction of sp³-hybridized carbons (Fsp3) is 0.417. The minimum atomic E-state index is -0.800. The van der Waals surface area contributed by atoms with E-state index in [0.29, 0.717) is 32.0 Å². The molecule has 2 amide bonds. The lowest BCUT2D eigenvalue weighted by atomic mass is 10.2. The number of nitrogens with zero attached hydrogens (tertiary/aromatic N) is 6. The molecule has 38 heavy (non-hydrogen) atoms. The van der Waals surface area contributed by atoms with Gasteiger partial charge in [0.15, 0.2) is 11.6 Å². The number of benzene rings is 1. The maximum atomic E-state index is 15.0. The summed E-state index contributed by atoms with van der Waals surface area (Å²) in [6, 6.07) is 3.92. The van der Waals surface area contributed by atoms with Crippen molar-refractivity contribution in [2.45, 2.75) is 12.3 Å². The summed E-state index contributed by atoms with van der Waals surface area (Å²) >= 11 is 0. The van der Waals surface area contributed by atoms with Crippen LogP contribution in [0, 0.1) is 11.6 Å². The maximum absolute atomic E-state index is 15.0. The summed E-state index contributed by atoms with van der Waals surface area (Å²) in [7, 11) is 1.53. The molecule has 2 N–H and O–H groups in total. The van der Waals surface area contributed by atoms with Crippen molar-refractivity contribution in [2.24, 2.45) is 0 Å². The highest BCUT2D eigenvalue weighted by atomic mass is 19.1. The van der Waals surface area contributed by atoms with Gasteiger partial charge < -0.3 is 24.8 Å². The number of hydrogen-bond donors (Lipinski definition) is 2. The number of aromatic nitrogens is 3. The molecule has 202 valence electrons. The Morgan fingerprint density at radius 2 is 2.00 bits per heavy atom. The van der Waals surface area contributed by atoms with Crippen molar-refractivity contribution in [3.8, 4) is 0 Å². The first-order valence-electron chi connectivity index (χ1n) is 12.1. The van der Waals surface area contributed by atoms with Gasteiger partial charge in [-0.1, -0.05) is 0 Å². The highest BCUT2D eigenvalue weighted by molar-refractivity contribution is 5.92. The van der Waals surface area contributed by atoms with Gasteiger partial charge in [-0.25, -0.2) is 23.5 Å². The van der Waals surface area contributed by atoms with Crippen LogP contribution >= 0.6 is 0 Å². The Hall–Kier alpha value is -3.88. The number of piperazine rings is 1. The standard InChI is InChI=1S/C24H27F2N7O5/c1-37-20(11-28-22(35)19-13-32-4-2-3-27-23(32)29-19)30-5-7-31(8-6-30)21-17(25)9-15(10-18(21)26)33-12-16(14-34)38-24(33)36/h2-4,9-10,13,16,20,34H,5-8,11-12,14H2,1H3,(H,28,35). The van der Waals surface area contributed by atoms with E-state index in [-0.39, 0.29) is 42.7 Å². The Kier molecular flexibility index (Phi) is 7.35. The number of hydrogen-bond acceptors (Lipinski definition) is 9. The Balaban J connectivity index is 1.18. The van der Waals surface area contributed by atoms with Gasteiger partial charge in [-0.15, -0.1) is 0 Å². The quantitative estimate of drug-likeness (QED) is 0.435. The molecule has 14 heteroatoms. The van der Waals surface area contributed by atoms with E-state index in [4.69, 9.17) is 9.47 Å². The summed E-state index contributed by atoms with van der Waals surface area (Å²) < 4.78 is 42.2. The van der Waals surface area contributed by atoms with Crippen LogP contribution in [0.25, 0.3) is 5.78 Å². The number of imidazole rings is 1. The van der Waals surface area contributed by atoms with Crippen LogP contribution in [-0.2, 0) is 9.47 Å². The molecule has 2 aliphatic rings. The van der Waals surface area contributed by atoms with Crippen LogP contribution < -0.4 is 15.1 Å². The Morgan fingerprint density at radius 3 is 2.63 bits per heavy atom. The number of cyclic esters (lactones) is 1. The number of halogens is 2. The number of fused-ring (bicyclic) bond motifs is 1. The van der Waals surface area contributed by atoms with Gasteiger partial charge in [0.1, 0.15) is 23.7 Å². The smallest absolute Gasteiger partial charge is 0.414 e. The summed E-state index contributed by atoms with van der Waals surface area (Å²) in [5, 5.41) is 12.0. The molecule has 5 rings (SSSR count). The van der Waals surface area contributed by atoms with Crippen molar-refractivity contribution in [3.63, 3.8) is 0 Å². The van der Waals surface area contributed by atoms with Gasteiger partial charge in [0.05, 0.1) is 25.4 Å². The second-order valence-electron chi connectivity index (χ2n) is 8.93. The third kappa shape index (κ3) is 5.10. The number of nitrogens with one attached hydrogen (secondary N) is 1. The molecule has 0 aliphatic carbocycles. The molecule has 4 heterocycles. The van der Waals surface area contributed by atoms with E-state index < -0.39 is 30.1 Å². The fourth-order valence-corrected chi connectivity index (χ4v) is 4.64. The number of aliphatic hydroxyl groups is 1. The summed E-state index contributed by atoms with van der Waals surface area (Å²) in [4.78, 5) is 37.5. The van der Waals surface area contributed by atoms with E-state index in [1.165, 1.54) is 7.11 Å². The molecule has 12 nitrogen and oxygen atoms in total. The largest absolute Gasteiger partial charge is 0.441 e. The molecule has 0 saturated carbocycles. The topological polar surface area (TPSA) is 125 Å². The first-order chi connectivity index (χ1) is 18.4. The zero-order chi connectivity index (χ0) is 26.8. The lowest BCUT2D eigenvalue weighted by Gasteiger charge is -2.39. The van der Waals surface area contributed by atoms with Gasteiger partial charge in [0, 0.05) is 64.0 Å². The number of amides is 2. The van der Waals surface area contributed by atoms with Crippen molar-refractivity contribution >= 4 is 29.2 Å². The van der Waals surface area contributed by atoms with Gasteiger partial charge in [-0.05, 0) is 6.07 Å². The summed E-state index contributed by atoms with van der Waals surface area (Å²) in [6.45, 7) is 1.33. The molecule has 2 aliphatic heterocycles. The average molecular weight is 532 g/mol. The number of aliphatic hydroxyl groups excluding tert-OH is 1. The van der Waals surface area contributed by atoms with Crippen molar-refractivity contribution in [3.05, 3.63) is 54.1 Å². The second-order valence-corrected chi connectivity index (χ2v) is 8.93. The van der Waals surface area contributed by atoms with Crippen LogP contribution in [0.4, 0.5) is 25.0 Å². The Bertz CT molecular complexity index is 1270. The number of ether oxygens (including phenoxy) is 2. The monoisotopic (exact) mass is 531 g/mol. The van der Waals surface area contributed by atoms with Crippen molar-refractivity contribution in [1.29, 1.82) is 0 Å². The second kappa shape index (κ2) is 10.8. The van der Waals surface area contributed by atoms with E-state index in [1.54, 1.807) is 34.0 Å². The Morgan fingerprint density at radius 1 is 1.26 bits per heavy atom. The average Bonchev–Trinajstić information content (AvgIpc) is 3.52. The minimum Gasteiger partial charge on any atom is -0.441 e. The van der Waals surface area contributed by atoms with Crippen LogP contribution in [0.5, 0.6) is 0 Å². The molecule has 0 spiro atoms. The van der Waals surface area contributed by atoms with Gasteiger partial charge in [0.25, 0.3) is 5.91 Å². The third-order valence-corrected chi connectivity index (χ3v) is 6.61. The van der Waals surface area contributed by atoms with Crippen molar-refractivity contribution in [2.75, 3.05) is 62.8 Å². The molecular formula is C24H27F2N7O5. The van der Waals surface area contributed by atoms with Gasteiger partial charge in [-0.2, -0.15) is 0 Å². The number of methoxy groups -OCH3 is 1. The van der Waals surface area contributed by atoms with Crippen molar-refractivity contribution in [1.82, 2.24) is 24.6 Å². The van der Waals surface area contributed by atoms with Gasteiger partial charge in [0.2, 0.25) is 5.78 Å². The first kappa shape index (κ1) is 25.8. The molecule has 1 aromatic carbocycles. The minimum absolute atomic E-state index is 0.00914. The molecule has 2 atom stereocenters.